The Morgan fingerprint density at radius 2 is 2.13 bits per heavy atom. The average molecular weight is 362 g/mol. The second-order valence-corrected chi connectivity index (χ2v) is 6.01. The Morgan fingerprint density at radius 1 is 1.43 bits per heavy atom. The summed E-state index contributed by atoms with van der Waals surface area (Å²) >= 11 is 6.57. The summed E-state index contributed by atoms with van der Waals surface area (Å²) in [6.07, 6.45) is -2.47. The number of rotatable bonds is 4. The molecule has 1 atom stereocenters. The van der Waals surface area contributed by atoms with Crippen LogP contribution in [0.1, 0.15) is 33.0 Å². The van der Waals surface area contributed by atoms with Gasteiger partial charge in [-0.25, -0.2) is 9.97 Å². The molecule has 0 spiro atoms. The summed E-state index contributed by atoms with van der Waals surface area (Å²) < 4.78 is 38.3. The number of nitrogens with two attached hydrogens (primary N) is 1. The lowest BCUT2D eigenvalue weighted by molar-refractivity contribution is -0.137. The van der Waals surface area contributed by atoms with Gasteiger partial charge in [-0.05, 0) is 11.9 Å². The predicted octanol–water partition coefficient (Wildman–Crippen LogP) is 3.10. The molecule has 1 amide bonds. The molecule has 3 N–H and O–H groups in total. The van der Waals surface area contributed by atoms with Gasteiger partial charge in [-0.1, -0.05) is 18.5 Å². The van der Waals surface area contributed by atoms with Crippen molar-refractivity contribution in [3.63, 3.8) is 0 Å². The Kier molecular flexibility index (Phi) is 5.28. The lowest BCUT2D eigenvalue weighted by Gasteiger charge is -2.10. The second kappa shape index (κ2) is 6.85. The molecule has 0 saturated heterocycles. The number of amides is 1. The van der Waals surface area contributed by atoms with Crippen LogP contribution in [0.2, 0.25) is 5.02 Å². The van der Waals surface area contributed by atoms with Gasteiger partial charge in [0.05, 0.1) is 21.8 Å². The third-order valence-corrected chi connectivity index (χ3v) is 4.33. The maximum absolute atomic E-state index is 12.8. The van der Waals surface area contributed by atoms with Crippen molar-refractivity contribution in [3.8, 4) is 0 Å². The fourth-order valence-electron chi connectivity index (χ4n) is 1.59. The van der Waals surface area contributed by atoms with Gasteiger partial charge in [0.2, 0.25) is 7.41 Å². The molecule has 1 radical (unpaired) electrons. The normalized spacial score (nSPS) is 12.8. The van der Waals surface area contributed by atoms with Crippen LogP contribution in [0.25, 0.3) is 0 Å². The molecule has 2 heterocycles. The minimum atomic E-state index is -4.64. The monoisotopic (exact) mass is 361 g/mol. The van der Waals surface area contributed by atoms with E-state index in [1.54, 1.807) is 6.92 Å². The van der Waals surface area contributed by atoms with E-state index in [9.17, 15) is 18.0 Å². The smallest absolute Gasteiger partial charge is 0.374 e. The molecule has 1 unspecified atom stereocenters. The number of nitrogens with zero attached hydrogens (tertiary/aromatic N) is 2. The van der Waals surface area contributed by atoms with Crippen molar-refractivity contribution in [2.24, 2.45) is 5.64 Å². The second-order valence-electron chi connectivity index (χ2n) is 4.55. The molecule has 0 aliphatic carbocycles. The quantitative estimate of drug-likeness (QED) is 0.820. The van der Waals surface area contributed by atoms with Crippen LogP contribution >= 0.6 is 22.9 Å². The minimum absolute atomic E-state index is 0.132. The highest BCUT2D eigenvalue weighted by atomic mass is 35.5. The van der Waals surface area contributed by atoms with Crippen LogP contribution < -0.4 is 11.0 Å². The summed E-state index contributed by atoms with van der Waals surface area (Å²) in [5.74, 6) is -0.993. The van der Waals surface area contributed by atoms with Crippen molar-refractivity contribution in [2.75, 3.05) is 5.32 Å². The zero-order valence-electron chi connectivity index (χ0n) is 11.7. The maximum atomic E-state index is 12.8. The molecular formula is C12H10BClF3N4OS. The van der Waals surface area contributed by atoms with Gasteiger partial charge in [-0.2, -0.15) is 13.2 Å². The lowest BCUT2D eigenvalue weighted by atomic mass is 9.79. The van der Waals surface area contributed by atoms with E-state index in [4.69, 9.17) is 17.2 Å². The molecule has 0 aliphatic heterocycles. The number of nitrogens with one attached hydrogen (secondary N) is 1. The molecule has 11 heteroatoms. The van der Waals surface area contributed by atoms with Crippen LogP contribution in [0, 0.1) is 0 Å². The van der Waals surface area contributed by atoms with Crippen molar-refractivity contribution < 1.29 is 18.0 Å². The van der Waals surface area contributed by atoms with Crippen molar-refractivity contribution >= 4 is 42.1 Å². The van der Waals surface area contributed by atoms with Gasteiger partial charge >= 0.3 is 6.18 Å². The van der Waals surface area contributed by atoms with E-state index in [1.165, 1.54) is 13.6 Å². The molecule has 0 fully saturated rings. The summed E-state index contributed by atoms with van der Waals surface area (Å²) in [7, 11) is 1.43. The van der Waals surface area contributed by atoms with Gasteiger partial charge < -0.3 is 11.0 Å². The van der Waals surface area contributed by atoms with Gasteiger partial charge in [0.1, 0.15) is 10.7 Å². The molecule has 0 saturated carbocycles. The van der Waals surface area contributed by atoms with E-state index < -0.39 is 22.7 Å². The summed E-state index contributed by atoms with van der Waals surface area (Å²) in [5, 5.41) is 2.37. The Labute approximate surface area is 139 Å². The van der Waals surface area contributed by atoms with Crippen LogP contribution in [0.5, 0.6) is 0 Å². The number of halogens is 4. The van der Waals surface area contributed by atoms with Crippen molar-refractivity contribution in [1.29, 1.82) is 0 Å². The summed E-state index contributed by atoms with van der Waals surface area (Å²) in [6.45, 7) is 1.80. The number of aromatic nitrogens is 2. The van der Waals surface area contributed by atoms with E-state index in [2.05, 4.69) is 15.3 Å². The average Bonchev–Trinajstić information content (AvgIpc) is 2.97. The van der Waals surface area contributed by atoms with E-state index in [0.29, 0.717) is 11.1 Å². The molecule has 23 heavy (non-hydrogen) atoms. The van der Waals surface area contributed by atoms with Crippen LogP contribution in [0.3, 0.4) is 0 Å². The van der Waals surface area contributed by atoms with Crippen LogP contribution in [0.4, 0.5) is 19.0 Å². The van der Waals surface area contributed by atoms with Gasteiger partial charge in [0.25, 0.3) is 5.91 Å². The number of carbonyl (C=O) groups excluding carboxylic acids is 1. The van der Waals surface area contributed by atoms with Gasteiger partial charge in [-0.3, -0.25) is 4.79 Å². The topological polar surface area (TPSA) is 80.9 Å². The van der Waals surface area contributed by atoms with Crippen molar-refractivity contribution in [1.82, 2.24) is 9.97 Å². The van der Waals surface area contributed by atoms with Crippen LogP contribution in [0.15, 0.2) is 18.5 Å². The number of anilines is 1. The number of alkyl halides is 3. The minimum Gasteiger partial charge on any atom is -0.374 e. The number of hydrogen-bond acceptors (Lipinski definition) is 5. The third-order valence-electron chi connectivity index (χ3n) is 2.83. The first-order valence-corrected chi connectivity index (χ1v) is 7.46. The van der Waals surface area contributed by atoms with Gasteiger partial charge in [0, 0.05) is 6.20 Å². The Morgan fingerprint density at radius 3 is 2.74 bits per heavy atom. The first kappa shape index (κ1) is 17.7. The highest BCUT2D eigenvalue weighted by Crippen LogP contribution is 2.35. The predicted molar refractivity (Wildman–Crippen MR) is 82.7 cm³/mol. The summed E-state index contributed by atoms with van der Waals surface area (Å²) in [4.78, 5) is 20.0. The molecule has 2 rings (SSSR count). The highest BCUT2D eigenvalue weighted by molar-refractivity contribution is 7.14. The standard InChI is InChI=1S/C12H10BClF3N4OS/c1-5(13-18)11-20-4-8(23-11)10(22)21-9-2-6(12(15,16)17)7(14)3-19-9/h2-5H,18H2,1H3,(H,19,21,22). The van der Waals surface area contributed by atoms with E-state index in [0.717, 1.165) is 17.5 Å². The van der Waals surface area contributed by atoms with E-state index >= 15 is 0 Å². The number of thiazole rings is 1. The van der Waals surface area contributed by atoms with Gasteiger partial charge in [0.15, 0.2) is 0 Å². The molecular weight excluding hydrogens is 351 g/mol. The summed E-state index contributed by atoms with van der Waals surface area (Å²) in [5.41, 5.74) is 4.33. The molecule has 5 nitrogen and oxygen atoms in total. The first-order chi connectivity index (χ1) is 10.7. The van der Waals surface area contributed by atoms with E-state index in [-0.39, 0.29) is 16.5 Å². The molecule has 2 aromatic heterocycles. The SMILES string of the molecule is CC([B]N)c1ncc(C(=O)Nc2cc(C(F)(F)F)c(Cl)cn2)s1. The maximum Gasteiger partial charge on any atom is 0.418 e. The first-order valence-electron chi connectivity index (χ1n) is 6.27. The largest absolute Gasteiger partial charge is 0.418 e. The molecule has 0 aliphatic rings. The highest BCUT2D eigenvalue weighted by Gasteiger charge is 2.34. The zero-order valence-corrected chi connectivity index (χ0v) is 13.3. The molecule has 2 aromatic rings. The van der Waals surface area contributed by atoms with Crippen molar-refractivity contribution in [3.05, 3.63) is 38.9 Å². The van der Waals surface area contributed by atoms with E-state index in [1.807, 2.05) is 0 Å². The zero-order chi connectivity index (χ0) is 17.2. The molecule has 121 valence electrons. The fraction of sp³-hybridized carbons (Fsp3) is 0.250. The van der Waals surface area contributed by atoms with Crippen LogP contribution in [-0.4, -0.2) is 23.3 Å². The third kappa shape index (κ3) is 4.21. The number of carbonyl (C=O) groups is 1. The fourth-order valence-corrected chi connectivity index (χ4v) is 2.64. The van der Waals surface area contributed by atoms with Crippen molar-refractivity contribution in [2.45, 2.75) is 18.9 Å². The Balaban J connectivity index is 2.19. The Hall–Kier alpha value is -1.65. The number of pyridine rings is 1. The Bertz CT molecular complexity index is 725. The summed E-state index contributed by atoms with van der Waals surface area (Å²) in [6, 6.07) is 0.679. The van der Waals surface area contributed by atoms with Crippen LogP contribution in [-0.2, 0) is 6.18 Å². The lowest BCUT2D eigenvalue weighted by Crippen LogP contribution is -2.14. The number of hydrogen-bond donors (Lipinski definition) is 2. The van der Waals surface area contributed by atoms with Gasteiger partial charge in [-0.15, -0.1) is 11.3 Å². The molecule has 0 bridgehead atoms. The molecule has 0 aromatic carbocycles.